The van der Waals surface area contributed by atoms with E-state index in [2.05, 4.69) is 4.74 Å². The van der Waals surface area contributed by atoms with E-state index in [0.717, 1.165) is 11.1 Å². The molecule has 0 aromatic heterocycles. The van der Waals surface area contributed by atoms with Crippen LogP contribution in [0.15, 0.2) is 48.5 Å². The normalized spacial score (nSPS) is 14.7. The molecular weight excluding hydrogens is 296 g/mol. The number of benzene rings is 2. The molecule has 2 aromatic rings. The lowest BCUT2D eigenvalue weighted by Crippen LogP contribution is -2.01. The van der Waals surface area contributed by atoms with E-state index in [1.54, 1.807) is 24.3 Å². The second-order valence-corrected chi connectivity index (χ2v) is 5.12. The maximum Gasteiger partial charge on any atom is 0.337 e. The maximum atomic E-state index is 11.4. The molecule has 0 bridgehead atoms. The molecule has 1 aliphatic rings. The molecule has 120 valence electrons. The summed E-state index contributed by atoms with van der Waals surface area (Å²) >= 11 is 0. The molecule has 0 atom stereocenters. The molecule has 1 saturated heterocycles. The second kappa shape index (κ2) is 7.26. The summed E-state index contributed by atoms with van der Waals surface area (Å²) in [6.07, 6.45) is -0.254. The van der Waals surface area contributed by atoms with Gasteiger partial charge in [0.05, 0.1) is 25.9 Å². The number of rotatable bonds is 5. The molecule has 2 aromatic carbocycles. The molecule has 23 heavy (non-hydrogen) atoms. The van der Waals surface area contributed by atoms with Gasteiger partial charge in [-0.05, 0) is 29.8 Å². The fraction of sp³-hybridized carbons (Fsp3) is 0.278. The van der Waals surface area contributed by atoms with Crippen molar-refractivity contribution in [2.45, 2.75) is 12.9 Å². The first-order valence-electron chi connectivity index (χ1n) is 7.39. The van der Waals surface area contributed by atoms with E-state index in [4.69, 9.17) is 14.2 Å². The number of hydrogen-bond donors (Lipinski definition) is 0. The van der Waals surface area contributed by atoms with Crippen LogP contribution in [-0.4, -0.2) is 26.3 Å². The van der Waals surface area contributed by atoms with Crippen molar-refractivity contribution >= 4 is 5.97 Å². The first kappa shape index (κ1) is 15.5. The summed E-state index contributed by atoms with van der Waals surface area (Å²) < 4.78 is 21.3. The molecule has 5 nitrogen and oxygen atoms in total. The monoisotopic (exact) mass is 314 g/mol. The van der Waals surface area contributed by atoms with Gasteiger partial charge in [-0.3, -0.25) is 0 Å². The number of carbonyl (C=O) groups excluding carboxylic acids is 1. The highest BCUT2D eigenvalue weighted by Crippen LogP contribution is 2.23. The second-order valence-electron chi connectivity index (χ2n) is 5.12. The smallest absolute Gasteiger partial charge is 0.337 e. The summed E-state index contributed by atoms with van der Waals surface area (Å²) in [5, 5.41) is 0. The van der Waals surface area contributed by atoms with E-state index in [1.807, 2.05) is 24.3 Å². The van der Waals surface area contributed by atoms with Crippen molar-refractivity contribution in [2.75, 3.05) is 20.3 Å². The minimum atomic E-state index is -0.358. The molecule has 3 rings (SSSR count). The number of esters is 1. The van der Waals surface area contributed by atoms with E-state index >= 15 is 0 Å². The molecular formula is C18H18O5. The Hall–Kier alpha value is -2.37. The lowest BCUT2D eigenvalue weighted by Gasteiger charge is -2.11. The van der Waals surface area contributed by atoms with Gasteiger partial charge in [0, 0.05) is 5.56 Å². The Morgan fingerprint density at radius 2 is 1.70 bits per heavy atom. The Morgan fingerprint density at radius 3 is 2.30 bits per heavy atom. The van der Waals surface area contributed by atoms with Gasteiger partial charge in [0.15, 0.2) is 6.29 Å². The maximum absolute atomic E-state index is 11.4. The Bertz CT molecular complexity index is 642. The largest absolute Gasteiger partial charge is 0.489 e. The summed E-state index contributed by atoms with van der Waals surface area (Å²) in [5.41, 5.74) is 2.55. The summed E-state index contributed by atoms with van der Waals surface area (Å²) in [6, 6.07) is 14.8. The van der Waals surface area contributed by atoms with Crippen LogP contribution in [0.1, 0.15) is 27.8 Å². The van der Waals surface area contributed by atoms with Crippen LogP contribution in [0, 0.1) is 0 Å². The fourth-order valence-electron chi connectivity index (χ4n) is 2.29. The van der Waals surface area contributed by atoms with Crippen molar-refractivity contribution in [3.05, 3.63) is 65.2 Å². The van der Waals surface area contributed by atoms with Crippen molar-refractivity contribution in [1.82, 2.24) is 0 Å². The van der Waals surface area contributed by atoms with Crippen molar-refractivity contribution in [2.24, 2.45) is 0 Å². The molecule has 5 heteroatoms. The zero-order chi connectivity index (χ0) is 16.1. The minimum Gasteiger partial charge on any atom is -0.489 e. The molecule has 0 radical (unpaired) electrons. The summed E-state index contributed by atoms with van der Waals surface area (Å²) in [7, 11) is 1.36. The number of hydrogen-bond acceptors (Lipinski definition) is 5. The van der Waals surface area contributed by atoms with E-state index in [0.29, 0.717) is 31.1 Å². The molecule has 0 N–H and O–H groups in total. The molecule has 1 aliphatic heterocycles. The van der Waals surface area contributed by atoms with Crippen molar-refractivity contribution in [3.8, 4) is 5.75 Å². The summed E-state index contributed by atoms with van der Waals surface area (Å²) in [4.78, 5) is 11.4. The van der Waals surface area contributed by atoms with Crippen LogP contribution in [0.25, 0.3) is 0 Å². The average molecular weight is 314 g/mol. The highest BCUT2D eigenvalue weighted by atomic mass is 16.7. The van der Waals surface area contributed by atoms with Gasteiger partial charge >= 0.3 is 5.97 Å². The topological polar surface area (TPSA) is 54.0 Å². The van der Waals surface area contributed by atoms with E-state index in [1.165, 1.54) is 7.11 Å². The van der Waals surface area contributed by atoms with Gasteiger partial charge in [0.1, 0.15) is 12.4 Å². The third-order valence-electron chi connectivity index (χ3n) is 3.55. The van der Waals surface area contributed by atoms with Crippen LogP contribution in [-0.2, 0) is 20.8 Å². The zero-order valence-corrected chi connectivity index (χ0v) is 12.9. The lowest BCUT2D eigenvalue weighted by molar-refractivity contribution is -0.0441. The van der Waals surface area contributed by atoms with E-state index in [-0.39, 0.29) is 12.3 Å². The molecule has 0 amide bonds. The van der Waals surface area contributed by atoms with Gasteiger partial charge in [-0.1, -0.05) is 24.3 Å². The highest BCUT2D eigenvalue weighted by Gasteiger charge is 2.17. The third-order valence-corrected chi connectivity index (χ3v) is 3.55. The first-order valence-corrected chi connectivity index (χ1v) is 7.39. The van der Waals surface area contributed by atoms with Crippen molar-refractivity contribution < 1.29 is 23.7 Å². The van der Waals surface area contributed by atoms with Crippen molar-refractivity contribution in [1.29, 1.82) is 0 Å². The first-order chi connectivity index (χ1) is 11.3. The van der Waals surface area contributed by atoms with Crippen LogP contribution in [0.2, 0.25) is 0 Å². The van der Waals surface area contributed by atoms with Crippen LogP contribution < -0.4 is 4.74 Å². The van der Waals surface area contributed by atoms with Crippen molar-refractivity contribution in [3.63, 3.8) is 0 Å². The van der Waals surface area contributed by atoms with Gasteiger partial charge in [-0.15, -0.1) is 0 Å². The molecule has 1 heterocycles. The number of methoxy groups -OCH3 is 1. The SMILES string of the molecule is COC(=O)c1ccc(OCc2ccc(C3OCCO3)cc2)cc1. The predicted molar refractivity (Wildman–Crippen MR) is 83.2 cm³/mol. The zero-order valence-electron chi connectivity index (χ0n) is 12.9. The van der Waals surface area contributed by atoms with Crippen LogP contribution in [0.3, 0.4) is 0 Å². The standard InChI is InChI=1S/C18H18O5/c1-20-17(19)14-6-8-16(9-7-14)23-12-13-2-4-15(5-3-13)18-21-10-11-22-18/h2-9,18H,10-12H2,1H3. The minimum absolute atomic E-state index is 0.254. The average Bonchev–Trinajstić information content (AvgIpc) is 3.15. The Morgan fingerprint density at radius 1 is 1.04 bits per heavy atom. The van der Waals surface area contributed by atoms with Gasteiger partial charge in [0.2, 0.25) is 0 Å². The molecule has 1 fully saturated rings. The van der Waals surface area contributed by atoms with E-state index in [9.17, 15) is 4.79 Å². The number of ether oxygens (including phenoxy) is 4. The molecule has 0 spiro atoms. The molecule has 0 unspecified atom stereocenters. The highest BCUT2D eigenvalue weighted by molar-refractivity contribution is 5.89. The lowest BCUT2D eigenvalue weighted by atomic mass is 10.1. The van der Waals surface area contributed by atoms with Gasteiger partial charge < -0.3 is 18.9 Å². The van der Waals surface area contributed by atoms with Crippen LogP contribution in [0.5, 0.6) is 5.75 Å². The molecule has 0 saturated carbocycles. The van der Waals surface area contributed by atoms with Crippen LogP contribution >= 0.6 is 0 Å². The third kappa shape index (κ3) is 3.88. The van der Waals surface area contributed by atoms with Gasteiger partial charge in [-0.25, -0.2) is 4.79 Å². The predicted octanol–water partition coefficient (Wildman–Crippen LogP) is 3.10. The Kier molecular flexibility index (Phi) is 4.90. The van der Waals surface area contributed by atoms with Gasteiger partial charge in [-0.2, -0.15) is 0 Å². The summed E-state index contributed by atoms with van der Waals surface area (Å²) in [5.74, 6) is 0.340. The molecule has 0 aliphatic carbocycles. The van der Waals surface area contributed by atoms with Gasteiger partial charge in [0.25, 0.3) is 0 Å². The Labute approximate surface area is 134 Å². The Balaban J connectivity index is 1.56. The van der Waals surface area contributed by atoms with E-state index < -0.39 is 0 Å². The fourth-order valence-corrected chi connectivity index (χ4v) is 2.29. The summed E-state index contributed by atoms with van der Waals surface area (Å²) in [6.45, 7) is 1.72. The van der Waals surface area contributed by atoms with Crippen LogP contribution in [0.4, 0.5) is 0 Å². The quantitative estimate of drug-likeness (QED) is 0.794. The number of carbonyl (C=O) groups is 1.